The molecule has 0 bridgehead atoms. The molecule has 3 N–H and O–H groups in total. The van der Waals surface area contributed by atoms with E-state index in [4.69, 9.17) is 5.11 Å². The molecule has 104 valence electrons. The number of H-pyrrole nitrogens is 1. The number of aryl methyl sites for hydroxylation is 1. The molecule has 6 heteroatoms. The minimum Gasteiger partial charge on any atom is -0.480 e. The number of carbonyl (C=O) groups is 2. The van der Waals surface area contributed by atoms with Crippen LogP contribution in [0, 0.1) is 12.8 Å². The molecule has 0 saturated carbocycles. The predicted octanol–water partition coefficient (Wildman–Crippen LogP) is 0.912. The number of nitrogens with one attached hydrogen (secondary N) is 2. The van der Waals surface area contributed by atoms with Crippen LogP contribution in [-0.4, -0.2) is 28.0 Å². The summed E-state index contributed by atoms with van der Waals surface area (Å²) in [5.41, 5.74) is 0.482. The van der Waals surface area contributed by atoms with Crippen LogP contribution >= 0.6 is 0 Å². The van der Waals surface area contributed by atoms with Gasteiger partial charge in [0.1, 0.15) is 6.04 Å². The van der Waals surface area contributed by atoms with Crippen molar-refractivity contribution in [2.75, 3.05) is 0 Å². The molecule has 1 unspecified atom stereocenters. The highest BCUT2D eigenvalue weighted by Crippen LogP contribution is 2.08. The van der Waals surface area contributed by atoms with Gasteiger partial charge in [-0.25, -0.2) is 4.79 Å². The summed E-state index contributed by atoms with van der Waals surface area (Å²) in [5, 5.41) is 11.5. The first kappa shape index (κ1) is 14.9. The number of pyridine rings is 1. The van der Waals surface area contributed by atoms with E-state index < -0.39 is 17.9 Å². The number of rotatable bonds is 5. The Morgan fingerprint density at radius 1 is 1.42 bits per heavy atom. The molecule has 1 atom stereocenters. The van der Waals surface area contributed by atoms with E-state index in [0.717, 1.165) is 0 Å². The summed E-state index contributed by atoms with van der Waals surface area (Å²) in [4.78, 5) is 36.5. The number of carboxylic acids is 1. The summed E-state index contributed by atoms with van der Waals surface area (Å²) in [5.74, 6) is -1.41. The third kappa shape index (κ3) is 4.24. The number of aromatic nitrogens is 1. The van der Waals surface area contributed by atoms with Gasteiger partial charge >= 0.3 is 5.97 Å². The molecule has 0 aliphatic heterocycles. The molecule has 0 aliphatic rings. The highest BCUT2D eigenvalue weighted by molar-refractivity contribution is 5.97. The van der Waals surface area contributed by atoms with Crippen LogP contribution in [0.4, 0.5) is 0 Å². The number of hydrogen-bond acceptors (Lipinski definition) is 3. The van der Waals surface area contributed by atoms with Gasteiger partial charge < -0.3 is 15.4 Å². The molecule has 19 heavy (non-hydrogen) atoms. The molecule has 0 aromatic carbocycles. The van der Waals surface area contributed by atoms with Gasteiger partial charge in [0.05, 0.1) is 5.56 Å². The van der Waals surface area contributed by atoms with Gasteiger partial charge in [-0.05, 0) is 24.8 Å². The molecule has 0 saturated heterocycles. The third-order valence-electron chi connectivity index (χ3n) is 2.69. The zero-order chi connectivity index (χ0) is 14.6. The van der Waals surface area contributed by atoms with Crippen LogP contribution in [0.1, 0.15) is 36.2 Å². The molecule has 1 heterocycles. The molecule has 1 rings (SSSR count). The van der Waals surface area contributed by atoms with Crippen LogP contribution in [0.5, 0.6) is 0 Å². The Balaban J connectivity index is 2.87. The molecule has 0 spiro atoms. The lowest BCUT2D eigenvalue weighted by atomic mass is 10.0. The van der Waals surface area contributed by atoms with Crippen LogP contribution in [-0.2, 0) is 4.79 Å². The number of aromatic amines is 1. The van der Waals surface area contributed by atoms with Crippen molar-refractivity contribution in [3.8, 4) is 0 Å². The van der Waals surface area contributed by atoms with Gasteiger partial charge in [0.15, 0.2) is 0 Å². The second-order valence-corrected chi connectivity index (χ2v) is 4.89. The fourth-order valence-corrected chi connectivity index (χ4v) is 1.75. The summed E-state index contributed by atoms with van der Waals surface area (Å²) >= 11 is 0. The summed E-state index contributed by atoms with van der Waals surface area (Å²) in [6.45, 7) is 5.39. The van der Waals surface area contributed by atoms with Gasteiger partial charge in [-0.2, -0.15) is 0 Å². The van der Waals surface area contributed by atoms with Gasteiger partial charge in [0.2, 0.25) is 5.56 Å². The lowest BCUT2D eigenvalue weighted by molar-refractivity contribution is -0.139. The molecule has 1 aromatic heterocycles. The Bertz CT molecular complexity index is 534. The maximum absolute atomic E-state index is 12.0. The average molecular weight is 266 g/mol. The van der Waals surface area contributed by atoms with Crippen molar-refractivity contribution in [1.29, 1.82) is 0 Å². The van der Waals surface area contributed by atoms with Crippen LogP contribution in [0.25, 0.3) is 0 Å². The maximum Gasteiger partial charge on any atom is 0.326 e. The molecule has 0 radical (unpaired) electrons. The number of hydrogen-bond donors (Lipinski definition) is 3. The topological polar surface area (TPSA) is 99.3 Å². The van der Waals surface area contributed by atoms with Crippen molar-refractivity contribution >= 4 is 11.9 Å². The second-order valence-electron chi connectivity index (χ2n) is 4.89. The van der Waals surface area contributed by atoms with Gasteiger partial charge in [0, 0.05) is 12.3 Å². The summed E-state index contributed by atoms with van der Waals surface area (Å²) < 4.78 is 0. The fourth-order valence-electron chi connectivity index (χ4n) is 1.75. The molecular weight excluding hydrogens is 248 g/mol. The first-order valence-corrected chi connectivity index (χ1v) is 6.04. The molecule has 6 nitrogen and oxygen atoms in total. The van der Waals surface area contributed by atoms with Crippen LogP contribution in [0.2, 0.25) is 0 Å². The molecule has 1 amide bonds. The van der Waals surface area contributed by atoms with Crippen molar-refractivity contribution in [1.82, 2.24) is 10.3 Å². The molecule has 0 fully saturated rings. The average Bonchev–Trinajstić information content (AvgIpc) is 2.26. The Kier molecular flexibility index (Phi) is 4.86. The van der Waals surface area contributed by atoms with Crippen molar-refractivity contribution in [3.63, 3.8) is 0 Å². The molecule has 0 aliphatic carbocycles. The van der Waals surface area contributed by atoms with Crippen molar-refractivity contribution < 1.29 is 14.7 Å². The zero-order valence-electron chi connectivity index (χ0n) is 11.2. The Morgan fingerprint density at radius 2 is 2.05 bits per heavy atom. The van der Waals surface area contributed by atoms with E-state index in [9.17, 15) is 14.4 Å². The highest BCUT2D eigenvalue weighted by atomic mass is 16.4. The summed E-state index contributed by atoms with van der Waals surface area (Å²) in [7, 11) is 0. The van der Waals surface area contributed by atoms with E-state index in [-0.39, 0.29) is 17.0 Å². The highest BCUT2D eigenvalue weighted by Gasteiger charge is 2.22. The van der Waals surface area contributed by atoms with E-state index in [2.05, 4.69) is 10.3 Å². The van der Waals surface area contributed by atoms with Crippen molar-refractivity contribution in [2.45, 2.75) is 33.2 Å². The van der Waals surface area contributed by atoms with Gasteiger partial charge in [-0.15, -0.1) is 0 Å². The van der Waals surface area contributed by atoms with Crippen LogP contribution in [0.15, 0.2) is 17.1 Å². The number of carbonyl (C=O) groups excluding carboxylic acids is 1. The Labute approximate surface area is 110 Å². The van der Waals surface area contributed by atoms with Gasteiger partial charge in [-0.3, -0.25) is 9.59 Å². The second kappa shape index (κ2) is 6.17. The van der Waals surface area contributed by atoms with Crippen molar-refractivity contribution in [3.05, 3.63) is 33.7 Å². The van der Waals surface area contributed by atoms with E-state index >= 15 is 0 Å². The Morgan fingerprint density at radius 3 is 2.53 bits per heavy atom. The molecule has 1 aromatic rings. The fraction of sp³-hybridized carbons (Fsp3) is 0.462. The monoisotopic (exact) mass is 266 g/mol. The van der Waals surface area contributed by atoms with E-state index in [1.54, 1.807) is 6.92 Å². The normalized spacial score (nSPS) is 12.2. The first-order chi connectivity index (χ1) is 8.81. The van der Waals surface area contributed by atoms with E-state index in [0.29, 0.717) is 12.0 Å². The van der Waals surface area contributed by atoms with E-state index in [1.165, 1.54) is 12.3 Å². The minimum atomic E-state index is -1.07. The van der Waals surface area contributed by atoms with E-state index in [1.807, 2.05) is 13.8 Å². The number of aliphatic carboxylic acids is 1. The van der Waals surface area contributed by atoms with Crippen LogP contribution in [0.3, 0.4) is 0 Å². The third-order valence-corrected chi connectivity index (χ3v) is 2.69. The van der Waals surface area contributed by atoms with Gasteiger partial charge in [-0.1, -0.05) is 13.8 Å². The first-order valence-electron chi connectivity index (χ1n) is 6.04. The summed E-state index contributed by atoms with van der Waals surface area (Å²) in [6, 6.07) is 0.367. The quantitative estimate of drug-likeness (QED) is 0.737. The lowest BCUT2D eigenvalue weighted by Gasteiger charge is -2.17. The molecular formula is C13H18N2O4. The largest absolute Gasteiger partial charge is 0.480 e. The standard InChI is InChI=1S/C13H18N2O4/c1-7(2)4-10(13(18)19)15-12(17)9-6-14-11(16)5-8(9)3/h5-7,10H,4H2,1-3H3,(H,14,16)(H,15,17)(H,18,19). The number of amides is 1. The predicted molar refractivity (Wildman–Crippen MR) is 70.1 cm³/mol. The maximum atomic E-state index is 12.0. The zero-order valence-corrected chi connectivity index (χ0v) is 11.2. The number of carboxylic acid groups (broad SMARTS) is 1. The SMILES string of the molecule is Cc1cc(=O)[nH]cc1C(=O)NC(CC(C)C)C(=O)O. The van der Waals surface area contributed by atoms with Crippen LogP contribution < -0.4 is 10.9 Å². The van der Waals surface area contributed by atoms with Gasteiger partial charge in [0.25, 0.3) is 5.91 Å². The Hall–Kier alpha value is -2.11. The van der Waals surface area contributed by atoms with Crippen molar-refractivity contribution in [2.24, 2.45) is 5.92 Å². The lowest BCUT2D eigenvalue weighted by Crippen LogP contribution is -2.42. The summed E-state index contributed by atoms with van der Waals surface area (Å²) in [6.07, 6.45) is 1.64. The smallest absolute Gasteiger partial charge is 0.326 e. The minimum absolute atomic E-state index is 0.151.